The van der Waals surface area contributed by atoms with Crippen LogP contribution in [0.1, 0.15) is 11.3 Å². The number of nitrogens with one attached hydrogen (secondary N) is 2. The Hall–Kier alpha value is -0.900. The second kappa shape index (κ2) is 2.38. The van der Waals surface area contributed by atoms with Crippen LogP contribution < -0.4 is 5.69 Å². The molecule has 0 saturated heterocycles. The molecule has 1 rings (SSSR count). The minimum absolute atomic E-state index is 0.242. The fraction of sp³-hybridized carbons (Fsp3) is 0.333. The van der Waals surface area contributed by atoms with Crippen molar-refractivity contribution in [3.8, 4) is 0 Å². The summed E-state index contributed by atoms with van der Waals surface area (Å²) in [7, 11) is 0. The first-order valence-corrected chi connectivity index (χ1v) is 3.32. The Morgan fingerprint density at radius 2 is 1.90 bits per heavy atom. The van der Waals surface area contributed by atoms with E-state index in [2.05, 4.69) is 9.97 Å². The van der Waals surface area contributed by atoms with Crippen LogP contribution in [0.25, 0.3) is 0 Å². The molecular weight excluding hydrogens is 148 g/mol. The molecule has 1 aromatic rings. The highest BCUT2D eigenvalue weighted by Gasteiger charge is 1.93. The van der Waals surface area contributed by atoms with Crippen LogP contribution in [-0.4, -0.2) is 9.97 Å². The summed E-state index contributed by atoms with van der Waals surface area (Å²) >= 11 is 4.85. The predicted molar refractivity (Wildman–Crippen MR) is 41.7 cm³/mol. The van der Waals surface area contributed by atoms with Gasteiger partial charge in [0, 0.05) is 11.3 Å². The summed E-state index contributed by atoms with van der Waals surface area (Å²) < 4.78 is 0.515. The third-order valence-electron chi connectivity index (χ3n) is 1.43. The first-order chi connectivity index (χ1) is 4.61. The minimum Gasteiger partial charge on any atom is -0.311 e. The third kappa shape index (κ3) is 1.16. The highest BCUT2D eigenvalue weighted by molar-refractivity contribution is 7.71. The van der Waals surface area contributed by atoms with Crippen molar-refractivity contribution in [3.63, 3.8) is 0 Å². The number of rotatable bonds is 0. The van der Waals surface area contributed by atoms with E-state index in [1.165, 1.54) is 0 Å². The van der Waals surface area contributed by atoms with Gasteiger partial charge in [0.05, 0.1) is 0 Å². The minimum atomic E-state index is -0.242. The summed E-state index contributed by atoms with van der Waals surface area (Å²) in [6.07, 6.45) is 0. The van der Waals surface area contributed by atoms with Crippen LogP contribution >= 0.6 is 12.2 Å². The molecule has 0 unspecified atom stereocenters. The van der Waals surface area contributed by atoms with Gasteiger partial charge >= 0.3 is 5.69 Å². The standard InChI is InChI=1S/C6H8N2OS/c1-3-4(2)7-6(9)8-5(3)10/h1-2H3,(H2,7,8,9,10). The number of aromatic amines is 2. The highest BCUT2D eigenvalue weighted by atomic mass is 32.1. The van der Waals surface area contributed by atoms with Gasteiger partial charge < -0.3 is 4.98 Å². The molecule has 0 fully saturated rings. The molecule has 0 atom stereocenters. The fourth-order valence-corrected chi connectivity index (χ4v) is 0.908. The molecular formula is C6H8N2OS. The van der Waals surface area contributed by atoms with Crippen LogP contribution in [0, 0.1) is 18.5 Å². The molecule has 0 amide bonds. The van der Waals surface area contributed by atoms with Crippen molar-refractivity contribution in [1.29, 1.82) is 0 Å². The van der Waals surface area contributed by atoms with Crippen LogP contribution in [0.3, 0.4) is 0 Å². The molecule has 0 aliphatic heterocycles. The Bertz CT molecular complexity index is 350. The summed E-state index contributed by atoms with van der Waals surface area (Å²) in [6.45, 7) is 3.68. The Balaban J connectivity index is 3.62. The maximum absolute atomic E-state index is 10.7. The second-order valence-electron chi connectivity index (χ2n) is 2.16. The molecule has 1 heterocycles. The van der Waals surface area contributed by atoms with Gasteiger partial charge in [-0.25, -0.2) is 4.79 Å². The Labute approximate surface area is 63.1 Å². The average Bonchev–Trinajstić information content (AvgIpc) is 1.82. The maximum atomic E-state index is 10.7. The van der Waals surface area contributed by atoms with Crippen molar-refractivity contribution >= 4 is 12.2 Å². The van der Waals surface area contributed by atoms with Crippen LogP contribution in [0.2, 0.25) is 0 Å². The maximum Gasteiger partial charge on any atom is 0.324 e. The van der Waals surface area contributed by atoms with Gasteiger partial charge in [0.1, 0.15) is 4.64 Å². The van der Waals surface area contributed by atoms with Gasteiger partial charge in [0.25, 0.3) is 0 Å². The van der Waals surface area contributed by atoms with Gasteiger partial charge in [0.15, 0.2) is 0 Å². The second-order valence-corrected chi connectivity index (χ2v) is 2.57. The lowest BCUT2D eigenvalue weighted by atomic mass is 10.3. The number of H-pyrrole nitrogens is 2. The van der Waals surface area contributed by atoms with Crippen LogP contribution in [0.15, 0.2) is 4.79 Å². The van der Waals surface area contributed by atoms with Crippen LogP contribution in [0.4, 0.5) is 0 Å². The topological polar surface area (TPSA) is 48.6 Å². The molecule has 4 heteroatoms. The summed E-state index contributed by atoms with van der Waals surface area (Å²) in [5.41, 5.74) is 1.51. The Kier molecular flexibility index (Phi) is 1.72. The van der Waals surface area contributed by atoms with Crippen LogP contribution in [-0.2, 0) is 0 Å². The zero-order valence-corrected chi connectivity index (χ0v) is 6.63. The van der Waals surface area contributed by atoms with E-state index in [1.807, 2.05) is 13.8 Å². The van der Waals surface area contributed by atoms with E-state index in [1.54, 1.807) is 0 Å². The molecule has 54 valence electrons. The average molecular weight is 156 g/mol. The fourth-order valence-electron chi connectivity index (χ4n) is 0.662. The summed E-state index contributed by atoms with van der Waals surface area (Å²) in [4.78, 5) is 15.8. The van der Waals surface area contributed by atoms with Crippen molar-refractivity contribution in [2.45, 2.75) is 13.8 Å². The molecule has 3 nitrogen and oxygen atoms in total. The lowest BCUT2D eigenvalue weighted by Gasteiger charge is -1.95. The quantitative estimate of drug-likeness (QED) is 0.551. The monoisotopic (exact) mass is 156 g/mol. The smallest absolute Gasteiger partial charge is 0.311 e. The molecule has 0 bridgehead atoms. The Morgan fingerprint density at radius 3 is 2.40 bits per heavy atom. The van der Waals surface area contributed by atoms with Crippen molar-refractivity contribution in [3.05, 3.63) is 26.4 Å². The van der Waals surface area contributed by atoms with Gasteiger partial charge in [0.2, 0.25) is 0 Å². The lowest BCUT2D eigenvalue weighted by molar-refractivity contribution is 0.986. The van der Waals surface area contributed by atoms with Crippen LogP contribution in [0.5, 0.6) is 0 Å². The van der Waals surface area contributed by atoms with E-state index in [-0.39, 0.29) is 5.69 Å². The largest absolute Gasteiger partial charge is 0.324 e. The zero-order valence-electron chi connectivity index (χ0n) is 5.82. The van der Waals surface area contributed by atoms with E-state index in [4.69, 9.17) is 12.2 Å². The number of aryl methyl sites for hydroxylation is 1. The normalized spacial score (nSPS) is 9.80. The highest BCUT2D eigenvalue weighted by Crippen LogP contribution is 1.98. The van der Waals surface area contributed by atoms with E-state index < -0.39 is 0 Å². The van der Waals surface area contributed by atoms with E-state index in [0.717, 1.165) is 11.3 Å². The summed E-state index contributed by atoms with van der Waals surface area (Å²) in [5.74, 6) is 0. The number of hydrogen-bond acceptors (Lipinski definition) is 2. The van der Waals surface area contributed by atoms with Crippen molar-refractivity contribution in [2.75, 3.05) is 0 Å². The van der Waals surface area contributed by atoms with Gasteiger partial charge in [-0.15, -0.1) is 0 Å². The first-order valence-electron chi connectivity index (χ1n) is 2.91. The molecule has 2 N–H and O–H groups in total. The molecule has 1 aromatic heterocycles. The number of hydrogen-bond donors (Lipinski definition) is 2. The molecule has 0 aliphatic rings. The molecule has 10 heavy (non-hydrogen) atoms. The molecule has 0 saturated carbocycles. The molecule has 0 radical (unpaired) electrons. The predicted octanol–water partition coefficient (Wildman–Crippen LogP) is 1.05. The zero-order chi connectivity index (χ0) is 7.72. The first kappa shape index (κ1) is 7.21. The van der Waals surface area contributed by atoms with Crippen molar-refractivity contribution in [2.24, 2.45) is 0 Å². The van der Waals surface area contributed by atoms with E-state index >= 15 is 0 Å². The number of aromatic nitrogens is 2. The Morgan fingerprint density at radius 1 is 1.30 bits per heavy atom. The van der Waals surface area contributed by atoms with Crippen molar-refractivity contribution < 1.29 is 0 Å². The van der Waals surface area contributed by atoms with E-state index in [9.17, 15) is 4.79 Å². The van der Waals surface area contributed by atoms with E-state index in [0.29, 0.717) is 4.64 Å². The van der Waals surface area contributed by atoms with Gasteiger partial charge in [-0.2, -0.15) is 0 Å². The SMILES string of the molecule is Cc1[nH]c(=O)[nH]c(=S)c1C. The lowest BCUT2D eigenvalue weighted by Crippen LogP contribution is -2.12. The van der Waals surface area contributed by atoms with Gasteiger partial charge in [-0.3, -0.25) is 4.98 Å². The third-order valence-corrected chi connectivity index (χ3v) is 1.84. The summed E-state index contributed by atoms with van der Waals surface area (Å²) in [6, 6.07) is 0. The van der Waals surface area contributed by atoms with Gasteiger partial charge in [-0.05, 0) is 13.8 Å². The molecule has 0 spiro atoms. The van der Waals surface area contributed by atoms with Crippen molar-refractivity contribution in [1.82, 2.24) is 9.97 Å². The molecule has 0 aromatic carbocycles. The summed E-state index contributed by atoms with van der Waals surface area (Å²) in [5, 5.41) is 0. The van der Waals surface area contributed by atoms with Gasteiger partial charge in [-0.1, -0.05) is 12.2 Å². The molecule has 0 aliphatic carbocycles.